The maximum atomic E-state index is 8.71. The molecule has 0 aliphatic carbocycles. The second kappa shape index (κ2) is 4.99. The van der Waals surface area contributed by atoms with Crippen molar-refractivity contribution in [3.8, 4) is 6.07 Å². The van der Waals surface area contributed by atoms with E-state index in [1.807, 2.05) is 11.6 Å². The Hall–Kier alpha value is -1.05. The maximum Gasteiger partial charge on any atom is 0.0968 e. The van der Waals surface area contributed by atoms with Gasteiger partial charge in [-0.1, -0.05) is 11.6 Å². The summed E-state index contributed by atoms with van der Waals surface area (Å²) in [4.78, 5) is 0. The summed E-state index contributed by atoms with van der Waals surface area (Å²) in [5.74, 6) is 0. The van der Waals surface area contributed by atoms with Gasteiger partial charge in [-0.05, 0) is 20.4 Å². The highest BCUT2D eigenvalue weighted by atomic mass is 35.5. The fraction of sp³-hybridized carbons (Fsp3) is 0.556. The summed E-state index contributed by atoms with van der Waals surface area (Å²) < 4.78 is 1.81. The Kier molecular flexibility index (Phi) is 3.93. The van der Waals surface area contributed by atoms with E-state index in [4.69, 9.17) is 16.9 Å². The van der Waals surface area contributed by atoms with Gasteiger partial charge in [0, 0.05) is 6.54 Å². The van der Waals surface area contributed by atoms with Crippen molar-refractivity contribution in [2.45, 2.75) is 25.9 Å². The fourth-order valence-electron chi connectivity index (χ4n) is 1.17. The van der Waals surface area contributed by atoms with Crippen LogP contribution in [-0.2, 0) is 6.54 Å². The number of nitriles is 1. The SMILES string of the molecule is CNC(C#N)CCn1ncc(Cl)c1C. The molecule has 1 heterocycles. The molecule has 0 fully saturated rings. The molecule has 1 aromatic rings. The van der Waals surface area contributed by atoms with Crippen molar-refractivity contribution in [1.82, 2.24) is 15.1 Å². The molecule has 0 spiro atoms. The van der Waals surface area contributed by atoms with Crippen LogP contribution in [0.2, 0.25) is 5.02 Å². The summed E-state index contributed by atoms with van der Waals surface area (Å²) >= 11 is 5.85. The van der Waals surface area contributed by atoms with Gasteiger partial charge >= 0.3 is 0 Å². The molecule has 1 atom stereocenters. The van der Waals surface area contributed by atoms with Crippen molar-refractivity contribution in [2.75, 3.05) is 7.05 Å². The topological polar surface area (TPSA) is 53.6 Å². The van der Waals surface area contributed by atoms with Crippen LogP contribution in [0.15, 0.2) is 6.20 Å². The molecular formula is C9H13ClN4. The summed E-state index contributed by atoms with van der Waals surface area (Å²) in [6.45, 7) is 2.62. The second-order valence-corrected chi connectivity index (χ2v) is 3.47. The average Bonchev–Trinajstić information content (AvgIpc) is 2.51. The third-order valence-electron chi connectivity index (χ3n) is 2.18. The molecule has 0 aliphatic heterocycles. The first-order chi connectivity index (χ1) is 6.69. The van der Waals surface area contributed by atoms with Crippen LogP contribution in [-0.4, -0.2) is 22.9 Å². The summed E-state index contributed by atoms with van der Waals surface area (Å²) in [5.41, 5.74) is 0.944. The highest BCUT2D eigenvalue weighted by Crippen LogP contribution is 2.13. The molecule has 5 heteroatoms. The number of aromatic nitrogens is 2. The summed E-state index contributed by atoms with van der Waals surface area (Å²) in [7, 11) is 1.77. The van der Waals surface area contributed by atoms with E-state index >= 15 is 0 Å². The van der Waals surface area contributed by atoms with Crippen LogP contribution in [0.25, 0.3) is 0 Å². The zero-order valence-electron chi connectivity index (χ0n) is 8.29. The maximum absolute atomic E-state index is 8.71. The first kappa shape index (κ1) is 11.0. The number of aryl methyl sites for hydroxylation is 1. The first-order valence-corrected chi connectivity index (χ1v) is 4.81. The number of hydrogen-bond donors (Lipinski definition) is 1. The minimum Gasteiger partial charge on any atom is -0.305 e. The van der Waals surface area contributed by atoms with E-state index in [0.717, 1.165) is 12.1 Å². The van der Waals surface area contributed by atoms with Crippen LogP contribution >= 0.6 is 11.6 Å². The van der Waals surface area contributed by atoms with Gasteiger partial charge in [-0.2, -0.15) is 10.4 Å². The molecule has 0 radical (unpaired) electrons. The Bertz CT molecular complexity index is 339. The average molecular weight is 213 g/mol. The lowest BCUT2D eigenvalue weighted by molar-refractivity contribution is 0.510. The lowest BCUT2D eigenvalue weighted by atomic mass is 10.2. The van der Waals surface area contributed by atoms with Gasteiger partial charge in [0.25, 0.3) is 0 Å². The number of halogens is 1. The lowest BCUT2D eigenvalue weighted by Gasteiger charge is -2.08. The van der Waals surface area contributed by atoms with Crippen LogP contribution in [0, 0.1) is 18.3 Å². The Labute approximate surface area is 88.5 Å². The van der Waals surface area contributed by atoms with Crippen LogP contribution in [0.4, 0.5) is 0 Å². The van der Waals surface area contributed by atoms with Crippen LogP contribution in [0.1, 0.15) is 12.1 Å². The second-order valence-electron chi connectivity index (χ2n) is 3.06. The number of hydrogen-bond acceptors (Lipinski definition) is 3. The summed E-state index contributed by atoms with van der Waals surface area (Å²) in [6, 6.07) is 2.04. The molecule has 0 aromatic carbocycles. The summed E-state index contributed by atoms with van der Waals surface area (Å²) in [5, 5.41) is 16.4. The zero-order chi connectivity index (χ0) is 10.6. The molecule has 0 bridgehead atoms. The highest BCUT2D eigenvalue weighted by Gasteiger charge is 2.07. The van der Waals surface area contributed by atoms with E-state index in [2.05, 4.69) is 16.5 Å². The quantitative estimate of drug-likeness (QED) is 0.820. The van der Waals surface area contributed by atoms with Crippen molar-refractivity contribution in [3.63, 3.8) is 0 Å². The van der Waals surface area contributed by atoms with Crippen molar-refractivity contribution in [2.24, 2.45) is 0 Å². The van der Waals surface area contributed by atoms with Crippen molar-refractivity contribution in [1.29, 1.82) is 5.26 Å². The van der Waals surface area contributed by atoms with E-state index in [0.29, 0.717) is 11.6 Å². The summed E-state index contributed by atoms with van der Waals surface area (Å²) in [6.07, 6.45) is 2.35. The van der Waals surface area contributed by atoms with Gasteiger partial charge in [0.2, 0.25) is 0 Å². The molecule has 0 saturated heterocycles. The molecule has 76 valence electrons. The zero-order valence-corrected chi connectivity index (χ0v) is 9.04. The molecule has 1 unspecified atom stereocenters. The lowest BCUT2D eigenvalue weighted by Crippen LogP contribution is -2.25. The first-order valence-electron chi connectivity index (χ1n) is 4.43. The number of rotatable bonds is 4. The predicted octanol–water partition coefficient (Wildman–Crippen LogP) is 1.35. The molecular weight excluding hydrogens is 200 g/mol. The van der Waals surface area contributed by atoms with Crippen molar-refractivity contribution in [3.05, 3.63) is 16.9 Å². The number of nitrogens with zero attached hydrogens (tertiary/aromatic N) is 3. The third-order valence-corrected chi connectivity index (χ3v) is 2.55. The third kappa shape index (κ3) is 2.47. The number of nitrogens with one attached hydrogen (secondary N) is 1. The van der Waals surface area contributed by atoms with E-state index in [1.54, 1.807) is 13.2 Å². The Morgan fingerprint density at radius 1 is 1.79 bits per heavy atom. The molecule has 1 rings (SSSR count). The van der Waals surface area contributed by atoms with E-state index < -0.39 is 0 Å². The van der Waals surface area contributed by atoms with Crippen LogP contribution < -0.4 is 5.32 Å². The molecule has 14 heavy (non-hydrogen) atoms. The van der Waals surface area contributed by atoms with Crippen molar-refractivity contribution < 1.29 is 0 Å². The minimum absolute atomic E-state index is 0.127. The normalized spacial score (nSPS) is 12.4. The van der Waals surface area contributed by atoms with Crippen LogP contribution in [0.5, 0.6) is 0 Å². The smallest absolute Gasteiger partial charge is 0.0968 e. The predicted molar refractivity (Wildman–Crippen MR) is 55.1 cm³/mol. The molecule has 1 aromatic heterocycles. The van der Waals surface area contributed by atoms with Crippen molar-refractivity contribution >= 4 is 11.6 Å². The van der Waals surface area contributed by atoms with Gasteiger partial charge in [0.15, 0.2) is 0 Å². The van der Waals surface area contributed by atoms with E-state index in [9.17, 15) is 0 Å². The standard InChI is InChI=1S/C9H13ClN4/c1-7-9(10)6-13-14(7)4-3-8(5-11)12-2/h6,8,12H,3-4H2,1-2H3. The van der Waals surface area contributed by atoms with Gasteiger partial charge in [0.05, 0.1) is 29.0 Å². The minimum atomic E-state index is -0.127. The molecule has 0 amide bonds. The Balaban J connectivity index is 2.54. The molecule has 0 aliphatic rings. The van der Waals surface area contributed by atoms with E-state index in [1.165, 1.54) is 0 Å². The van der Waals surface area contributed by atoms with E-state index in [-0.39, 0.29) is 6.04 Å². The molecule has 4 nitrogen and oxygen atoms in total. The molecule has 0 saturated carbocycles. The van der Waals surface area contributed by atoms with Gasteiger partial charge in [0.1, 0.15) is 0 Å². The monoisotopic (exact) mass is 212 g/mol. The largest absolute Gasteiger partial charge is 0.305 e. The van der Waals surface area contributed by atoms with Gasteiger partial charge in [-0.3, -0.25) is 4.68 Å². The van der Waals surface area contributed by atoms with Gasteiger partial charge in [-0.15, -0.1) is 0 Å². The Morgan fingerprint density at radius 2 is 2.50 bits per heavy atom. The van der Waals surface area contributed by atoms with Crippen LogP contribution in [0.3, 0.4) is 0 Å². The van der Waals surface area contributed by atoms with Gasteiger partial charge in [-0.25, -0.2) is 0 Å². The fourth-order valence-corrected chi connectivity index (χ4v) is 1.32. The van der Waals surface area contributed by atoms with Gasteiger partial charge < -0.3 is 5.32 Å². The molecule has 1 N–H and O–H groups in total. The highest BCUT2D eigenvalue weighted by molar-refractivity contribution is 6.31. The Morgan fingerprint density at radius 3 is 2.93 bits per heavy atom.